The molecule has 1 aliphatic heterocycles. The molecule has 0 fully saturated rings. The summed E-state index contributed by atoms with van der Waals surface area (Å²) in [6.45, 7) is 0. The van der Waals surface area contributed by atoms with Crippen molar-refractivity contribution in [2.45, 2.75) is 12.2 Å². The summed E-state index contributed by atoms with van der Waals surface area (Å²) in [5.41, 5.74) is 2.54. The molecule has 16 heavy (non-hydrogen) atoms. The quantitative estimate of drug-likeness (QED) is 0.776. The fourth-order valence-electron chi connectivity index (χ4n) is 1.77. The minimum Gasteiger partial charge on any atom is -0.241 e. The smallest absolute Gasteiger partial charge is 0.123 e. The topological polar surface area (TPSA) is 12.9 Å². The van der Waals surface area contributed by atoms with E-state index in [0.29, 0.717) is 0 Å². The second-order valence-electron chi connectivity index (χ2n) is 3.70. The van der Waals surface area contributed by atoms with Crippen molar-refractivity contribution in [3.05, 3.63) is 39.3 Å². The first-order chi connectivity index (χ1) is 7.83. The molecule has 0 amide bonds. The molecule has 1 aliphatic rings. The van der Waals surface area contributed by atoms with Gasteiger partial charge in [-0.25, -0.2) is 4.98 Å². The minimum atomic E-state index is 1.12. The van der Waals surface area contributed by atoms with Crippen molar-refractivity contribution >= 4 is 39.0 Å². The predicted octanol–water partition coefficient (Wildman–Crippen LogP) is 4.36. The third-order valence-corrected chi connectivity index (χ3v) is 5.37. The maximum absolute atomic E-state index is 4.75. The number of aromatic nitrogens is 1. The molecule has 82 valence electrons. The van der Waals surface area contributed by atoms with Gasteiger partial charge in [-0.1, -0.05) is 28.1 Å². The highest BCUT2D eigenvalue weighted by molar-refractivity contribution is 9.10. The number of benzene rings is 1. The summed E-state index contributed by atoms with van der Waals surface area (Å²) in [6, 6.07) is 8.38. The maximum Gasteiger partial charge on any atom is 0.123 e. The number of hydrogen-bond acceptors (Lipinski definition) is 3. The third kappa shape index (κ3) is 2.06. The second-order valence-corrected chi connectivity index (χ2v) is 6.81. The molecule has 4 heteroatoms. The van der Waals surface area contributed by atoms with E-state index >= 15 is 0 Å². The number of hydrogen-bond donors (Lipinski definition) is 0. The monoisotopic (exact) mass is 311 g/mol. The van der Waals surface area contributed by atoms with Gasteiger partial charge in [0.2, 0.25) is 0 Å². The van der Waals surface area contributed by atoms with Gasteiger partial charge < -0.3 is 0 Å². The number of thioether (sulfide) groups is 1. The highest BCUT2D eigenvalue weighted by atomic mass is 79.9. The van der Waals surface area contributed by atoms with E-state index in [4.69, 9.17) is 4.98 Å². The summed E-state index contributed by atoms with van der Waals surface area (Å²) in [7, 11) is 0. The van der Waals surface area contributed by atoms with Crippen molar-refractivity contribution in [2.24, 2.45) is 0 Å². The molecular formula is C12H10BrNS2. The zero-order valence-corrected chi connectivity index (χ0v) is 11.8. The van der Waals surface area contributed by atoms with Crippen LogP contribution in [0, 0.1) is 0 Å². The van der Waals surface area contributed by atoms with Crippen LogP contribution >= 0.6 is 39.0 Å². The van der Waals surface area contributed by atoms with Gasteiger partial charge in [-0.05, 0) is 24.3 Å². The van der Waals surface area contributed by atoms with Gasteiger partial charge in [-0.2, -0.15) is 11.8 Å². The maximum atomic E-state index is 4.75. The fraction of sp³-hybridized carbons (Fsp3) is 0.250. The van der Waals surface area contributed by atoms with Crippen molar-refractivity contribution in [3.8, 4) is 10.6 Å². The van der Waals surface area contributed by atoms with E-state index in [1.165, 1.54) is 21.9 Å². The molecule has 2 aromatic rings. The Bertz CT molecular complexity index is 498. The van der Waals surface area contributed by atoms with Crippen molar-refractivity contribution in [1.82, 2.24) is 4.98 Å². The highest BCUT2D eigenvalue weighted by Crippen LogP contribution is 2.34. The average Bonchev–Trinajstić information content (AvgIpc) is 2.72. The molecule has 0 unspecified atom stereocenters. The fourth-order valence-corrected chi connectivity index (χ4v) is 4.39. The first kappa shape index (κ1) is 10.8. The van der Waals surface area contributed by atoms with E-state index in [0.717, 1.165) is 21.7 Å². The van der Waals surface area contributed by atoms with Crippen molar-refractivity contribution < 1.29 is 0 Å². The molecular weight excluding hydrogens is 302 g/mol. The summed E-state index contributed by atoms with van der Waals surface area (Å²) in [6.07, 6.45) is 1.13. The van der Waals surface area contributed by atoms with Crippen molar-refractivity contribution in [3.63, 3.8) is 0 Å². The zero-order chi connectivity index (χ0) is 11.0. The normalized spacial score (nSPS) is 14.8. The van der Waals surface area contributed by atoms with Crippen LogP contribution in [0.15, 0.2) is 28.7 Å². The zero-order valence-electron chi connectivity index (χ0n) is 8.57. The lowest BCUT2D eigenvalue weighted by Crippen LogP contribution is -1.99. The Morgan fingerprint density at radius 1 is 1.31 bits per heavy atom. The van der Waals surface area contributed by atoms with Crippen LogP contribution in [0.1, 0.15) is 10.6 Å². The molecule has 0 bridgehead atoms. The number of thiazole rings is 1. The number of fused-ring (bicyclic) bond motifs is 1. The molecule has 0 aliphatic carbocycles. The molecule has 2 heterocycles. The van der Waals surface area contributed by atoms with Gasteiger partial charge in [0.25, 0.3) is 0 Å². The Hall–Kier alpha value is -0.320. The van der Waals surface area contributed by atoms with Crippen LogP contribution in [-0.2, 0) is 12.2 Å². The van der Waals surface area contributed by atoms with Crippen molar-refractivity contribution in [1.29, 1.82) is 0 Å². The molecule has 0 spiro atoms. The first-order valence-electron chi connectivity index (χ1n) is 5.15. The molecule has 0 saturated carbocycles. The lowest BCUT2D eigenvalue weighted by molar-refractivity contribution is 1.03. The van der Waals surface area contributed by atoms with E-state index in [1.54, 1.807) is 0 Å². The molecule has 3 rings (SSSR count). The lowest BCUT2D eigenvalue weighted by Gasteiger charge is -2.06. The van der Waals surface area contributed by atoms with E-state index in [2.05, 4.69) is 34.1 Å². The van der Waals surface area contributed by atoms with Gasteiger partial charge in [0.15, 0.2) is 0 Å². The Labute approximate surface area is 111 Å². The Morgan fingerprint density at radius 3 is 3.06 bits per heavy atom. The van der Waals surface area contributed by atoms with Crippen molar-refractivity contribution in [2.75, 3.05) is 5.75 Å². The van der Waals surface area contributed by atoms with Gasteiger partial charge in [0.05, 0.1) is 5.69 Å². The Kier molecular flexibility index (Phi) is 3.05. The van der Waals surface area contributed by atoms with Crippen LogP contribution in [0.3, 0.4) is 0 Å². The second kappa shape index (κ2) is 4.51. The van der Waals surface area contributed by atoms with Crippen LogP contribution in [0.5, 0.6) is 0 Å². The molecule has 0 N–H and O–H groups in total. The number of rotatable bonds is 1. The summed E-state index contributed by atoms with van der Waals surface area (Å²) in [5.74, 6) is 2.36. The molecule has 0 atom stereocenters. The number of aryl methyl sites for hydroxylation is 1. The van der Waals surface area contributed by atoms with E-state index in [9.17, 15) is 0 Å². The Morgan fingerprint density at radius 2 is 2.25 bits per heavy atom. The third-order valence-electron chi connectivity index (χ3n) is 2.57. The van der Waals surface area contributed by atoms with Crippen LogP contribution in [0.4, 0.5) is 0 Å². The SMILES string of the molecule is Brc1cccc(-c2nc3c(s2)CSCC3)c1. The standard InChI is InChI=1S/C12H10BrNS2/c13-9-3-1-2-8(6-9)12-14-10-4-5-15-7-11(10)16-12/h1-3,6H,4-5,7H2. The van der Waals surface area contributed by atoms with Gasteiger partial charge in [-0.3, -0.25) is 0 Å². The number of nitrogens with zero attached hydrogens (tertiary/aromatic N) is 1. The van der Waals surface area contributed by atoms with Crippen LogP contribution in [-0.4, -0.2) is 10.7 Å². The summed E-state index contributed by atoms with van der Waals surface area (Å²) >= 11 is 7.36. The van der Waals surface area contributed by atoms with Crippen LogP contribution in [0.25, 0.3) is 10.6 Å². The average molecular weight is 312 g/mol. The predicted molar refractivity (Wildman–Crippen MR) is 75.1 cm³/mol. The molecule has 1 aromatic heterocycles. The Balaban J connectivity index is 2.03. The highest BCUT2D eigenvalue weighted by Gasteiger charge is 2.16. The summed E-state index contributed by atoms with van der Waals surface area (Å²) in [4.78, 5) is 6.21. The van der Waals surface area contributed by atoms with E-state index < -0.39 is 0 Å². The molecule has 0 saturated heterocycles. The van der Waals surface area contributed by atoms with E-state index in [-0.39, 0.29) is 0 Å². The minimum absolute atomic E-state index is 1.12. The molecule has 1 nitrogen and oxygen atoms in total. The van der Waals surface area contributed by atoms with E-state index in [1.807, 2.05) is 29.2 Å². The molecule has 0 radical (unpaired) electrons. The molecule has 1 aromatic carbocycles. The van der Waals surface area contributed by atoms with Crippen LogP contribution < -0.4 is 0 Å². The van der Waals surface area contributed by atoms with Gasteiger partial charge in [-0.15, -0.1) is 11.3 Å². The van der Waals surface area contributed by atoms with Gasteiger partial charge in [0.1, 0.15) is 5.01 Å². The summed E-state index contributed by atoms with van der Waals surface area (Å²) < 4.78 is 1.12. The number of halogens is 1. The largest absolute Gasteiger partial charge is 0.241 e. The van der Waals surface area contributed by atoms with Crippen LogP contribution in [0.2, 0.25) is 0 Å². The summed E-state index contributed by atoms with van der Waals surface area (Å²) in [5, 5.41) is 1.16. The first-order valence-corrected chi connectivity index (χ1v) is 7.91. The van der Waals surface area contributed by atoms with Gasteiger partial charge >= 0.3 is 0 Å². The van der Waals surface area contributed by atoms with Gasteiger partial charge in [0, 0.05) is 20.7 Å². The lowest BCUT2D eigenvalue weighted by atomic mass is 10.2.